The van der Waals surface area contributed by atoms with Gasteiger partial charge in [-0.3, -0.25) is 14.4 Å². The summed E-state index contributed by atoms with van der Waals surface area (Å²) < 4.78 is 18.1. The standard InChI is InChI=1S/C24H22FN3O4/c25-19-8-12-21(13-9-19)32-16-22(29)28-20-10-6-18(7-11-20)24(31)27-15-14-26-23(30)17-4-2-1-3-5-17/h1-13H,14-16H2,(H,26,30)(H,27,31)(H,28,29). The normalized spacial score (nSPS) is 10.2. The fourth-order valence-electron chi connectivity index (χ4n) is 2.73. The largest absolute Gasteiger partial charge is 0.484 e. The second-order valence-corrected chi connectivity index (χ2v) is 6.75. The second kappa shape index (κ2) is 11.3. The minimum absolute atomic E-state index is 0.205. The molecule has 8 heteroatoms. The van der Waals surface area contributed by atoms with E-state index in [0.29, 0.717) is 29.1 Å². The van der Waals surface area contributed by atoms with Crippen LogP contribution in [0.25, 0.3) is 0 Å². The lowest BCUT2D eigenvalue weighted by Gasteiger charge is -2.09. The summed E-state index contributed by atoms with van der Waals surface area (Å²) in [6.45, 7) is 0.334. The molecule has 3 aromatic carbocycles. The highest BCUT2D eigenvalue weighted by molar-refractivity contribution is 5.96. The van der Waals surface area contributed by atoms with Gasteiger partial charge in [0.1, 0.15) is 11.6 Å². The van der Waals surface area contributed by atoms with Crippen LogP contribution in [0.4, 0.5) is 10.1 Å². The maximum Gasteiger partial charge on any atom is 0.262 e. The van der Waals surface area contributed by atoms with E-state index < -0.39 is 0 Å². The minimum atomic E-state index is -0.388. The van der Waals surface area contributed by atoms with Gasteiger partial charge in [-0.2, -0.15) is 0 Å². The Bertz CT molecular complexity index is 1050. The van der Waals surface area contributed by atoms with Crippen molar-refractivity contribution in [3.05, 3.63) is 95.8 Å². The van der Waals surface area contributed by atoms with Gasteiger partial charge < -0.3 is 20.7 Å². The third kappa shape index (κ3) is 6.94. The first kappa shape index (κ1) is 22.5. The van der Waals surface area contributed by atoms with E-state index in [4.69, 9.17) is 4.74 Å². The van der Waals surface area contributed by atoms with Crippen LogP contribution < -0.4 is 20.7 Å². The van der Waals surface area contributed by atoms with Gasteiger partial charge in [-0.1, -0.05) is 18.2 Å². The summed E-state index contributed by atoms with van der Waals surface area (Å²) in [6, 6.07) is 20.5. The number of carbonyl (C=O) groups excluding carboxylic acids is 3. The van der Waals surface area contributed by atoms with Crippen LogP contribution in [0.3, 0.4) is 0 Å². The van der Waals surface area contributed by atoms with Gasteiger partial charge in [0.05, 0.1) is 0 Å². The lowest BCUT2D eigenvalue weighted by molar-refractivity contribution is -0.118. The molecule has 0 aliphatic rings. The van der Waals surface area contributed by atoms with E-state index in [0.717, 1.165) is 0 Å². The molecule has 0 aromatic heterocycles. The van der Waals surface area contributed by atoms with Crippen LogP contribution in [0.2, 0.25) is 0 Å². The molecule has 0 spiro atoms. The van der Waals surface area contributed by atoms with E-state index in [1.54, 1.807) is 48.5 Å². The zero-order chi connectivity index (χ0) is 22.8. The quantitative estimate of drug-likeness (QED) is 0.450. The Balaban J connectivity index is 1.38. The van der Waals surface area contributed by atoms with Crippen molar-refractivity contribution in [3.63, 3.8) is 0 Å². The number of benzene rings is 3. The predicted molar refractivity (Wildman–Crippen MR) is 118 cm³/mol. The van der Waals surface area contributed by atoms with Gasteiger partial charge in [0, 0.05) is 29.9 Å². The number of rotatable bonds is 9. The first-order valence-corrected chi connectivity index (χ1v) is 9.91. The summed E-state index contributed by atoms with van der Waals surface area (Å²) in [6.07, 6.45) is 0. The summed E-state index contributed by atoms with van der Waals surface area (Å²) >= 11 is 0. The van der Waals surface area contributed by atoms with Crippen LogP contribution in [0, 0.1) is 5.82 Å². The number of hydrogen-bond acceptors (Lipinski definition) is 4. The Hall–Kier alpha value is -4.20. The highest BCUT2D eigenvalue weighted by Gasteiger charge is 2.08. The van der Waals surface area contributed by atoms with Crippen LogP contribution in [-0.4, -0.2) is 37.4 Å². The van der Waals surface area contributed by atoms with Crippen molar-refractivity contribution in [1.29, 1.82) is 0 Å². The van der Waals surface area contributed by atoms with Crippen LogP contribution in [0.5, 0.6) is 5.75 Å². The number of halogens is 1. The van der Waals surface area contributed by atoms with Crippen molar-refractivity contribution in [1.82, 2.24) is 10.6 Å². The average molecular weight is 435 g/mol. The number of amides is 3. The number of nitrogens with one attached hydrogen (secondary N) is 3. The molecule has 0 fully saturated rings. The van der Waals surface area contributed by atoms with Gasteiger partial charge >= 0.3 is 0 Å². The van der Waals surface area contributed by atoms with Gasteiger partial charge in [-0.15, -0.1) is 0 Å². The SMILES string of the molecule is O=C(COc1ccc(F)cc1)Nc1ccc(C(=O)NCCNC(=O)c2ccccc2)cc1. The Morgan fingerprint density at radius 2 is 1.28 bits per heavy atom. The van der Waals surface area contributed by atoms with Gasteiger partial charge in [0.25, 0.3) is 17.7 Å². The number of carbonyl (C=O) groups is 3. The van der Waals surface area contributed by atoms with Gasteiger partial charge in [-0.05, 0) is 60.7 Å². The zero-order valence-corrected chi connectivity index (χ0v) is 17.1. The minimum Gasteiger partial charge on any atom is -0.484 e. The highest BCUT2D eigenvalue weighted by atomic mass is 19.1. The fraction of sp³-hybridized carbons (Fsp3) is 0.125. The monoisotopic (exact) mass is 435 g/mol. The predicted octanol–water partition coefficient (Wildman–Crippen LogP) is 3.00. The first-order valence-electron chi connectivity index (χ1n) is 9.91. The van der Waals surface area contributed by atoms with Gasteiger partial charge in [0.2, 0.25) is 0 Å². The molecule has 0 radical (unpaired) electrons. The smallest absolute Gasteiger partial charge is 0.262 e. The van der Waals surface area contributed by atoms with Crippen LogP contribution in [0.1, 0.15) is 20.7 Å². The molecule has 0 bridgehead atoms. The third-order valence-corrected chi connectivity index (χ3v) is 4.35. The molecule has 32 heavy (non-hydrogen) atoms. The number of anilines is 1. The van der Waals surface area contributed by atoms with Crippen molar-refractivity contribution in [2.45, 2.75) is 0 Å². The summed E-state index contributed by atoms with van der Waals surface area (Å²) in [4.78, 5) is 36.1. The zero-order valence-electron chi connectivity index (χ0n) is 17.1. The van der Waals surface area contributed by atoms with E-state index >= 15 is 0 Å². The molecule has 7 nitrogen and oxygen atoms in total. The topological polar surface area (TPSA) is 96.5 Å². The molecule has 0 aliphatic heterocycles. The molecular weight excluding hydrogens is 413 g/mol. The fourth-order valence-corrected chi connectivity index (χ4v) is 2.73. The molecule has 0 unspecified atom stereocenters. The lowest BCUT2D eigenvalue weighted by atomic mass is 10.2. The molecule has 3 N–H and O–H groups in total. The number of hydrogen-bond donors (Lipinski definition) is 3. The Labute approximate surface area is 184 Å². The van der Waals surface area contributed by atoms with E-state index in [9.17, 15) is 18.8 Å². The van der Waals surface area contributed by atoms with Crippen molar-refractivity contribution in [2.75, 3.05) is 25.0 Å². The van der Waals surface area contributed by atoms with E-state index in [-0.39, 0.29) is 36.7 Å². The van der Waals surface area contributed by atoms with E-state index in [1.807, 2.05) is 6.07 Å². The third-order valence-electron chi connectivity index (χ3n) is 4.35. The van der Waals surface area contributed by atoms with Crippen molar-refractivity contribution >= 4 is 23.4 Å². The van der Waals surface area contributed by atoms with Crippen molar-refractivity contribution in [2.24, 2.45) is 0 Å². The van der Waals surface area contributed by atoms with Crippen LogP contribution >= 0.6 is 0 Å². The Morgan fingerprint density at radius 1 is 0.719 bits per heavy atom. The maximum absolute atomic E-state index is 12.9. The molecule has 0 heterocycles. The molecule has 3 aromatic rings. The van der Waals surface area contributed by atoms with Crippen LogP contribution in [-0.2, 0) is 4.79 Å². The molecule has 0 saturated heterocycles. The van der Waals surface area contributed by atoms with E-state index in [1.165, 1.54) is 24.3 Å². The summed E-state index contributed by atoms with van der Waals surface area (Å²) in [5, 5.41) is 8.10. The molecule has 0 saturated carbocycles. The summed E-state index contributed by atoms with van der Waals surface area (Å²) in [7, 11) is 0. The van der Waals surface area contributed by atoms with Crippen molar-refractivity contribution in [3.8, 4) is 5.75 Å². The average Bonchev–Trinajstić information content (AvgIpc) is 2.82. The molecule has 3 rings (SSSR count). The Kier molecular flexibility index (Phi) is 7.91. The molecule has 0 aliphatic carbocycles. The second-order valence-electron chi connectivity index (χ2n) is 6.75. The summed E-state index contributed by atoms with van der Waals surface area (Å²) in [5.74, 6) is -0.892. The molecule has 164 valence electrons. The molecular formula is C24H22FN3O4. The molecule has 0 atom stereocenters. The first-order chi connectivity index (χ1) is 15.5. The lowest BCUT2D eigenvalue weighted by Crippen LogP contribution is -2.34. The van der Waals surface area contributed by atoms with Gasteiger partial charge in [0.15, 0.2) is 6.61 Å². The Morgan fingerprint density at radius 3 is 1.88 bits per heavy atom. The van der Waals surface area contributed by atoms with Crippen molar-refractivity contribution < 1.29 is 23.5 Å². The molecule has 3 amide bonds. The van der Waals surface area contributed by atoms with Crippen LogP contribution in [0.15, 0.2) is 78.9 Å². The number of ether oxygens (including phenoxy) is 1. The van der Waals surface area contributed by atoms with Gasteiger partial charge in [-0.25, -0.2) is 4.39 Å². The highest BCUT2D eigenvalue weighted by Crippen LogP contribution is 2.12. The van der Waals surface area contributed by atoms with E-state index in [2.05, 4.69) is 16.0 Å². The maximum atomic E-state index is 12.9. The summed E-state index contributed by atoms with van der Waals surface area (Å²) in [5.41, 5.74) is 1.48.